The number of halogens is 5. The zero-order chi connectivity index (χ0) is 6.28. The van der Waals surface area contributed by atoms with E-state index in [4.69, 9.17) is 25.2 Å². The van der Waals surface area contributed by atoms with Gasteiger partial charge in [0, 0.05) is 0 Å². The Kier molecular flexibility index (Phi) is 25.6. The summed E-state index contributed by atoms with van der Waals surface area (Å²) in [6, 6.07) is 0. The fourth-order valence-corrected chi connectivity index (χ4v) is 0. The van der Waals surface area contributed by atoms with Crippen molar-refractivity contribution in [3.8, 4) is 0 Å². The van der Waals surface area contributed by atoms with Crippen molar-refractivity contribution in [2.45, 2.75) is 0 Å². The Morgan fingerprint density at radius 2 is 1.00 bits per heavy atom. The van der Waals surface area contributed by atoms with Gasteiger partial charge in [0.1, 0.15) is 0 Å². The zero-order valence-corrected chi connectivity index (χ0v) is 11.4. The van der Waals surface area contributed by atoms with Crippen molar-refractivity contribution in [1.29, 1.82) is 0 Å². The second-order valence-corrected chi connectivity index (χ2v) is 14.6. The Bertz CT molecular complexity index is 19.3. The SMILES string of the molecule is [Cl][Ca][Cl].[Cl][Eu]([Cl])[Cl]. The monoisotopic (exact) mass is 368 g/mol. The van der Waals surface area contributed by atoms with E-state index in [1.54, 1.807) is 0 Å². The van der Waals surface area contributed by atoms with Gasteiger partial charge in [-0.1, -0.05) is 0 Å². The topological polar surface area (TPSA) is 0 Å². The fourth-order valence-electron chi connectivity index (χ4n) is 0. The van der Waals surface area contributed by atoms with Gasteiger partial charge in [-0.3, -0.25) is 0 Å². The van der Waals surface area contributed by atoms with E-state index in [-0.39, 0.29) is 0 Å². The minimum atomic E-state index is -2.05. The second kappa shape index (κ2) is 12.9. The van der Waals surface area contributed by atoms with Crippen LogP contribution in [0.3, 0.4) is 0 Å². The summed E-state index contributed by atoms with van der Waals surface area (Å²) < 4.78 is 15.0. The molecule has 0 aromatic heterocycles. The van der Waals surface area contributed by atoms with Gasteiger partial charge >= 0.3 is 93.1 Å². The third-order valence-corrected chi connectivity index (χ3v) is 0. The molecule has 0 nitrogen and oxygen atoms in total. The van der Waals surface area contributed by atoms with Crippen molar-refractivity contribution in [3.05, 3.63) is 0 Å². The van der Waals surface area contributed by atoms with Gasteiger partial charge in [0.05, 0.1) is 0 Å². The summed E-state index contributed by atoms with van der Waals surface area (Å²) in [7, 11) is 0. The maximum atomic E-state index is 4.99. The van der Waals surface area contributed by atoms with Crippen LogP contribution >= 0.6 is 25.2 Å². The molecule has 0 rings (SSSR count). The summed E-state index contributed by atoms with van der Waals surface area (Å²) in [6.45, 7) is 0. The Morgan fingerprint density at radius 1 is 1.00 bits per heavy atom. The van der Waals surface area contributed by atoms with E-state index in [0.29, 0.717) is 0 Å². The summed E-state index contributed by atoms with van der Waals surface area (Å²) in [6.07, 6.45) is 9.90. The molecule has 0 heterocycles. The van der Waals surface area contributed by atoms with Crippen molar-refractivity contribution in [1.82, 2.24) is 0 Å². The van der Waals surface area contributed by atoms with Crippen LogP contribution in [0.2, 0.25) is 0 Å². The maximum absolute atomic E-state index is 4.99. The molecule has 0 aliphatic heterocycles. The standard InChI is InChI=1S/Ca.5ClH.Eu/h;5*1H;/q+2;;;;;;+3/p-5. The van der Waals surface area contributed by atoms with Gasteiger partial charge in [0.15, 0.2) is 0 Å². The van der Waals surface area contributed by atoms with Crippen LogP contribution in [0.1, 0.15) is 0 Å². The van der Waals surface area contributed by atoms with E-state index in [1.165, 1.54) is 0 Å². The first kappa shape index (κ1) is 13.9. The molecule has 0 aliphatic rings. The molecule has 0 radical (unpaired) electrons. The van der Waals surface area contributed by atoms with Gasteiger partial charge < -0.3 is 0 Å². The first-order valence-corrected chi connectivity index (χ1v) is 16.1. The molecule has 7 heteroatoms. The van der Waals surface area contributed by atoms with E-state index in [1.807, 2.05) is 0 Å². The molecule has 0 aromatic rings. The zero-order valence-electron chi connectivity index (χ0n) is 2.97. The number of rotatable bonds is 0. The Balaban J connectivity index is 0. The van der Waals surface area contributed by atoms with Crippen LogP contribution in [0.25, 0.3) is 0 Å². The van der Waals surface area contributed by atoms with Crippen LogP contribution in [0.15, 0.2) is 0 Å². The van der Waals surface area contributed by atoms with Gasteiger partial charge in [-0.25, -0.2) is 0 Å². The van der Waals surface area contributed by atoms with Crippen molar-refractivity contribution in [2.75, 3.05) is 0 Å². The molecule has 0 aliphatic carbocycles. The molecular weight excluding hydrogens is 369 g/mol. The fraction of sp³-hybridized carbons (Fsp3) is 0. The average molecular weight is 369 g/mol. The number of hydrogen-bond acceptors (Lipinski definition) is 0. The summed E-state index contributed by atoms with van der Waals surface area (Å²) in [5.74, 6) is 0. The molecular formula is CaCl5Eu. The van der Waals surface area contributed by atoms with E-state index in [0.717, 1.165) is 0 Å². The normalized spacial score (nSPS) is 7.86. The molecule has 0 saturated carbocycles. The van der Waals surface area contributed by atoms with Crippen molar-refractivity contribution >= 4 is 56.1 Å². The molecule has 0 N–H and O–H groups in total. The van der Waals surface area contributed by atoms with Crippen molar-refractivity contribution < 1.29 is 37.0 Å². The number of hydrogen-bond donors (Lipinski definition) is 0. The average Bonchev–Trinajstić information content (AvgIpc) is 1.33. The Morgan fingerprint density at radius 3 is 1.00 bits per heavy atom. The Hall–Kier alpha value is 4.29. The third kappa shape index (κ3) is 38.4. The van der Waals surface area contributed by atoms with Crippen LogP contribution in [0.4, 0.5) is 0 Å². The first-order valence-electron chi connectivity index (χ1n) is 0.963. The van der Waals surface area contributed by atoms with Gasteiger partial charge in [-0.15, -0.1) is 0 Å². The Labute approximate surface area is 89.2 Å². The van der Waals surface area contributed by atoms with Gasteiger partial charge in [-0.2, -0.15) is 0 Å². The van der Waals surface area contributed by atoms with E-state index in [9.17, 15) is 0 Å². The molecule has 0 unspecified atom stereocenters. The van der Waals surface area contributed by atoms with Crippen LogP contribution < -0.4 is 0 Å². The van der Waals surface area contributed by atoms with Crippen LogP contribution in [0, 0.1) is 37.0 Å². The predicted octanol–water partition coefficient (Wildman–Crippen LogP) is 3.07. The predicted molar refractivity (Wildman–Crippen MR) is 35.0 cm³/mol. The second-order valence-electron chi connectivity index (χ2n) is 0.263. The third-order valence-electron chi connectivity index (χ3n) is 0. The quantitative estimate of drug-likeness (QED) is 0.576. The minimum absolute atomic E-state index is 0.931. The summed E-state index contributed by atoms with van der Waals surface area (Å²) in [5, 5.41) is 0. The van der Waals surface area contributed by atoms with E-state index >= 15 is 0 Å². The molecule has 0 bridgehead atoms. The van der Waals surface area contributed by atoms with Crippen LogP contribution in [0.5, 0.6) is 0 Å². The molecule has 44 valence electrons. The molecule has 0 amide bonds. The summed E-state index contributed by atoms with van der Waals surface area (Å²) in [5.41, 5.74) is 0. The summed E-state index contributed by atoms with van der Waals surface area (Å²) in [4.78, 5) is 0. The van der Waals surface area contributed by atoms with Crippen molar-refractivity contribution in [3.63, 3.8) is 0 Å². The molecule has 0 spiro atoms. The van der Waals surface area contributed by atoms with Gasteiger partial charge in [0.2, 0.25) is 0 Å². The van der Waals surface area contributed by atoms with Crippen LogP contribution in [-0.4, -0.2) is 30.8 Å². The molecule has 0 aromatic carbocycles. The molecule has 0 fully saturated rings. The van der Waals surface area contributed by atoms with Crippen molar-refractivity contribution in [2.24, 2.45) is 0 Å². The van der Waals surface area contributed by atoms with Gasteiger partial charge in [-0.05, 0) is 0 Å². The summed E-state index contributed by atoms with van der Waals surface area (Å²) >= 11 is -2.98. The molecule has 0 atom stereocenters. The molecule has 7 heavy (non-hydrogen) atoms. The van der Waals surface area contributed by atoms with Gasteiger partial charge in [0.25, 0.3) is 0 Å². The van der Waals surface area contributed by atoms with E-state index in [2.05, 4.69) is 0 Å². The van der Waals surface area contributed by atoms with Crippen LogP contribution in [-0.2, 0) is 0 Å². The van der Waals surface area contributed by atoms with E-state index < -0.39 is 67.8 Å². The molecule has 0 saturated heterocycles. The first-order chi connectivity index (χ1) is 3.15.